The van der Waals surface area contributed by atoms with Gasteiger partial charge in [-0.15, -0.1) is 0 Å². The van der Waals surface area contributed by atoms with E-state index in [0.717, 1.165) is 38.1 Å². The highest BCUT2D eigenvalue weighted by atomic mass is 19.4. The number of benzene rings is 1. The zero-order chi connectivity index (χ0) is 19.4. The third-order valence-corrected chi connectivity index (χ3v) is 4.54. The number of carbonyl (C=O) groups excluding carboxylic acids is 1. The molecule has 0 saturated carbocycles. The molecular weight excluding hydrogens is 361 g/mol. The minimum absolute atomic E-state index is 0.0368. The number of likely N-dealkylation sites (tertiary alicyclic amines) is 1. The minimum atomic E-state index is -4.37. The SMILES string of the molecule is CC(=O)NCC1CCCN(Cc2nc(-c3ccc(C(F)(F)F)cc3)no2)C1. The van der Waals surface area contributed by atoms with Gasteiger partial charge in [-0.1, -0.05) is 17.3 Å². The van der Waals surface area contributed by atoms with E-state index >= 15 is 0 Å². The molecule has 27 heavy (non-hydrogen) atoms. The van der Waals surface area contributed by atoms with Crippen molar-refractivity contribution in [2.75, 3.05) is 19.6 Å². The summed E-state index contributed by atoms with van der Waals surface area (Å²) in [6, 6.07) is 4.68. The average Bonchev–Trinajstić information content (AvgIpc) is 3.08. The Balaban J connectivity index is 1.60. The molecule has 146 valence electrons. The van der Waals surface area contributed by atoms with Gasteiger partial charge in [-0.2, -0.15) is 18.2 Å². The molecule has 1 aliphatic rings. The highest BCUT2D eigenvalue weighted by molar-refractivity contribution is 5.72. The van der Waals surface area contributed by atoms with Gasteiger partial charge >= 0.3 is 6.18 Å². The Kier molecular flexibility index (Phi) is 5.79. The summed E-state index contributed by atoms with van der Waals surface area (Å²) in [5.74, 6) is 1.03. The van der Waals surface area contributed by atoms with Gasteiger partial charge < -0.3 is 9.84 Å². The second kappa shape index (κ2) is 8.08. The fourth-order valence-electron chi connectivity index (χ4n) is 3.19. The number of carbonyl (C=O) groups is 1. The molecule has 2 heterocycles. The third-order valence-electron chi connectivity index (χ3n) is 4.54. The quantitative estimate of drug-likeness (QED) is 0.860. The summed E-state index contributed by atoms with van der Waals surface area (Å²) in [4.78, 5) is 17.5. The number of piperidine rings is 1. The lowest BCUT2D eigenvalue weighted by Crippen LogP contribution is -2.40. The van der Waals surface area contributed by atoms with E-state index in [0.29, 0.717) is 30.5 Å². The van der Waals surface area contributed by atoms with Crippen LogP contribution in [0.4, 0.5) is 13.2 Å². The second-order valence-corrected chi connectivity index (χ2v) is 6.77. The zero-order valence-corrected chi connectivity index (χ0v) is 14.9. The molecule has 3 rings (SSSR count). The summed E-state index contributed by atoms with van der Waals surface area (Å²) < 4.78 is 43.2. The highest BCUT2D eigenvalue weighted by Crippen LogP contribution is 2.30. The highest BCUT2D eigenvalue weighted by Gasteiger charge is 2.30. The van der Waals surface area contributed by atoms with Gasteiger partial charge in [-0.3, -0.25) is 9.69 Å². The molecular formula is C18H21F3N4O2. The van der Waals surface area contributed by atoms with Crippen molar-refractivity contribution < 1.29 is 22.5 Å². The molecule has 0 spiro atoms. The summed E-state index contributed by atoms with van der Waals surface area (Å²) >= 11 is 0. The molecule has 9 heteroatoms. The molecule has 6 nitrogen and oxygen atoms in total. The molecule has 0 radical (unpaired) electrons. The van der Waals surface area contributed by atoms with Crippen molar-refractivity contribution in [3.8, 4) is 11.4 Å². The van der Waals surface area contributed by atoms with Crippen molar-refractivity contribution >= 4 is 5.91 Å². The van der Waals surface area contributed by atoms with E-state index in [1.165, 1.54) is 19.1 Å². The molecule has 1 aliphatic heterocycles. The van der Waals surface area contributed by atoms with Crippen LogP contribution in [0.5, 0.6) is 0 Å². The zero-order valence-electron chi connectivity index (χ0n) is 14.9. The molecule has 1 amide bonds. The van der Waals surface area contributed by atoms with Crippen LogP contribution in [0.1, 0.15) is 31.2 Å². The van der Waals surface area contributed by atoms with Gasteiger partial charge in [0.1, 0.15) is 0 Å². The summed E-state index contributed by atoms with van der Waals surface area (Å²) in [6.45, 7) is 4.34. The van der Waals surface area contributed by atoms with E-state index < -0.39 is 11.7 Å². The van der Waals surface area contributed by atoms with Crippen LogP contribution in [-0.4, -0.2) is 40.6 Å². The molecule has 0 bridgehead atoms. The van der Waals surface area contributed by atoms with Crippen LogP contribution in [0, 0.1) is 5.92 Å². The lowest BCUT2D eigenvalue weighted by Gasteiger charge is -2.31. The van der Waals surface area contributed by atoms with Crippen molar-refractivity contribution in [2.45, 2.75) is 32.5 Å². The Hall–Kier alpha value is -2.42. The van der Waals surface area contributed by atoms with E-state index in [1.54, 1.807) is 0 Å². The minimum Gasteiger partial charge on any atom is -0.356 e. The maximum atomic E-state index is 12.6. The van der Waals surface area contributed by atoms with Crippen LogP contribution in [0.3, 0.4) is 0 Å². The molecule has 1 unspecified atom stereocenters. The number of rotatable bonds is 5. The van der Waals surface area contributed by atoms with Crippen LogP contribution >= 0.6 is 0 Å². The van der Waals surface area contributed by atoms with Gasteiger partial charge in [-0.05, 0) is 37.4 Å². The Morgan fingerprint density at radius 1 is 1.33 bits per heavy atom. The largest absolute Gasteiger partial charge is 0.416 e. The first-order valence-electron chi connectivity index (χ1n) is 8.78. The average molecular weight is 382 g/mol. The van der Waals surface area contributed by atoms with Gasteiger partial charge in [0.15, 0.2) is 0 Å². The van der Waals surface area contributed by atoms with Crippen LogP contribution in [0.15, 0.2) is 28.8 Å². The van der Waals surface area contributed by atoms with Crippen molar-refractivity contribution in [1.82, 2.24) is 20.4 Å². The number of amides is 1. The van der Waals surface area contributed by atoms with E-state index in [-0.39, 0.29) is 11.7 Å². The molecule has 1 N–H and O–H groups in total. The van der Waals surface area contributed by atoms with Gasteiger partial charge in [-0.25, -0.2) is 0 Å². The van der Waals surface area contributed by atoms with Gasteiger partial charge in [0.05, 0.1) is 12.1 Å². The van der Waals surface area contributed by atoms with Crippen molar-refractivity contribution in [1.29, 1.82) is 0 Å². The maximum absolute atomic E-state index is 12.6. The summed E-state index contributed by atoms with van der Waals surface area (Å²) in [7, 11) is 0. The number of alkyl halides is 3. The molecule has 1 atom stereocenters. The Labute approximate surface area is 154 Å². The Morgan fingerprint density at radius 3 is 2.74 bits per heavy atom. The first kappa shape index (κ1) is 19.3. The number of halogens is 3. The molecule has 0 aliphatic carbocycles. The van der Waals surface area contributed by atoms with Crippen molar-refractivity contribution in [3.05, 3.63) is 35.7 Å². The summed E-state index contributed by atoms with van der Waals surface area (Å²) in [6.07, 6.45) is -2.30. The molecule has 1 fully saturated rings. The third kappa shape index (κ3) is 5.29. The van der Waals surface area contributed by atoms with Crippen LogP contribution in [0.2, 0.25) is 0 Å². The number of aromatic nitrogens is 2. The number of hydrogen-bond acceptors (Lipinski definition) is 5. The lowest BCUT2D eigenvalue weighted by molar-refractivity contribution is -0.137. The monoisotopic (exact) mass is 382 g/mol. The van der Waals surface area contributed by atoms with Crippen molar-refractivity contribution in [3.63, 3.8) is 0 Å². The standard InChI is InChI=1S/C18H21F3N4O2/c1-12(26)22-9-13-3-2-8-25(10-13)11-16-23-17(24-27-16)14-4-6-15(7-5-14)18(19,20)21/h4-7,13H,2-3,8-11H2,1H3,(H,22,26). The van der Waals surface area contributed by atoms with E-state index in [2.05, 4.69) is 20.4 Å². The second-order valence-electron chi connectivity index (χ2n) is 6.77. The normalized spacial score (nSPS) is 18.4. The summed E-state index contributed by atoms with van der Waals surface area (Å²) in [5, 5.41) is 6.71. The topological polar surface area (TPSA) is 71.3 Å². The summed E-state index contributed by atoms with van der Waals surface area (Å²) in [5.41, 5.74) is -0.242. The molecule has 1 aromatic heterocycles. The van der Waals surface area contributed by atoms with E-state index in [9.17, 15) is 18.0 Å². The van der Waals surface area contributed by atoms with Gasteiger partial charge in [0.2, 0.25) is 17.6 Å². The van der Waals surface area contributed by atoms with E-state index in [4.69, 9.17) is 4.52 Å². The predicted molar refractivity (Wildman–Crippen MR) is 91.4 cm³/mol. The fraction of sp³-hybridized carbons (Fsp3) is 0.500. The smallest absolute Gasteiger partial charge is 0.356 e. The predicted octanol–water partition coefficient (Wildman–Crippen LogP) is 3.10. The fourth-order valence-corrected chi connectivity index (χ4v) is 3.19. The number of nitrogens with one attached hydrogen (secondary N) is 1. The van der Waals surface area contributed by atoms with Gasteiger partial charge in [0.25, 0.3) is 0 Å². The van der Waals surface area contributed by atoms with Crippen LogP contribution in [0.25, 0.3) is 11.4 Å². The van der Waals surface area contributed by atoms with Crippen LogP contribution < -0.4 is 5.32 Å². The van der Waals surface area contributed by atoms with Crippen LogP contribution in [-0.2, 0) is 17.5 Å². The maximum Gasteiger partial charge on any atom is 0.416 e. The first-order valence-corrected chi connectivity index (χ1v) is 8.78. The van der Waals surface area contributed by atoms with Crippen molar-refractivity contribution in [2.24, 2.45) is 5.92 Å². The Morgan fingerprint density at radius 2 is 2.07 bits per heavy atom. The number of nitrogens with zero attached hydrogens (tertiary/aromatic N) is 3. The Bertz CT molecular complexity index is 774. The lowest BCUT2D eigenvalue weighted by atomic mass is 9.98. The molecule has 1 saturated heterocycles. The molecule has 2 aromatic rings. The molecule has 1 aromatic carbocycles. The van der Waals surface area contributed by atoms with Gasteiger partial charge in [0, 0.05) is 25.6 Å². The number of hydrogen-bond donors (Lipinski definition) is 1. The van der Waals surface area contributed by atoms with E-state index in [1.807, 2.05) is 0 Å². The first-order chi connectivity index (χ1) is 12.8.